The van der Waals surface area contributed by atoms with Gasteiger partial charge in [-0.2, -0.15) is 14.8 Å². The number of nitrogens with zero attached hydrogens (tertiary/aromatic N) is 5. The molecule has 4 aromatic heterocycles. The molecule has 0 saturated carbocycles. The van der Waals surface area contributed by atoms with E-state index in [1.54, 1.807) is 17.0 Å². The molecule has 1 aliphatic heterocycles. The van der Waals surface area contributed by atoms with E-state index in [2.05, 4.69) is 26.2 Å². The molecule has 5 heterocycles. The van der Waals surface area contributed by atoms with Crippen LogP contribution < -0.4 is 0 Å². The van der Waals surface area contributed by atoms with Gasteiger partial charge in [0.2, 0.25) is 0 Å². The molecule has 5 rings (SSSR count). The highest BCUT2D eigenvalue weighted by Gasteiger charge is 2.25. The summed E-state index contributed by atoms with van der Waals surface area (Å²) >= 11 is 0. The first-order chi connectivity index (χ1) is 13.2. The van der Waals surface area contributed by atoms with Crippen molar-refractivity contribution in [2.24, 2.45) is 0 Å². The zero-order valence-corrected chi connectivity index (χ0v) is 14.5. The lowest BCUT2D eigenvalue weighted by Gasteiger charge is -2.29. The Bertz CT molecular complexity index is 1140. The van der Waals surface area contributed by atoms with Crippen molar-refractivity contribution in [1.29, 1.82) is 0 Å². The van der Waals surface area contributed by atoms with E-state index in [-0.39, 0.29) is 0 Å². The van der Waals surface area contributed by atoms with Crippen LogP contribution in [0, 0.1) is 0 Å². The second kappa shape index (κ2) is 6.08. The van der Waals surface area contributed by atoms with Gasteiger partial charge in [0.25, 0.3) is 0 Å². The molecule has 1 fully saturated rings. The average molecular weight is 362 g/mol. The molecule has 136 valence electrons. The lowest BCUT2D eigenvalue weighted by molar-refractivity contribution is 0.132. The summed E-state index contributed by atoms with van der Waals surface area (Å²) in [7, 11) is 0. The molecule has 8 nitrogen and oxygen atoms in total. The number of carbonyl (C=O) groups is 1. The first-order valence-corrected chi connectivity index (χ1v) is 8.95. The minimum atomic E-state index is -0.837. The topological polar surface area (TPSA) is 99.4 Å². The van der Waals surface area contributed by atoms with Crippen molar-refractivity contribution >= 4 is 22.6 Å². The predicted octanol–water partition coefficient (Wildman–Crippen LogP) is 3.13. The van der Waals surface area contributed by atoms with Crippen molar-refractivity contribution in [3.8, 4) is 11.1 Å². The van der Waals surface area contributed by atoms with Crippen LogP contribution in [0.25, 0.3) is 27.7 Å². The number of H-pyrrole nitrogens is 1. The van der Waals surface area contributed by atoms with Crippen LogP contribution >= 0.6 is 0 Å². The molecule has 0 aromatic carbocycles. The average Bonchev–Trinajstić information content (AvgIpc) is 3.32. The number of aromatic amines is 1. The Labute approximate surface area is 154 Å². The summed E-state index contributed by atoms with van der Waals surface area (Å²) in [6, 6.07) is 8.05. The van der Waals surface area contributed by atoms with E-state index in [0.29, 0.717) is 19.0 Å². The second-order valence-corrected chi connectivity index (χ2v) is 6.85. The number of carboxylic acid groups (broad SMARTS) is 1. The van der Waals surface area contributed by atoms with E-state index in [1.165, 1.54) is 4.90 Å². The van der Waals surface area contributed by atoms with Gasteiger partial charge >= 0.3 is 6.09 Å². The number of rotatable bonds is 2. The number of amides is 1. The molecule has 0 aliphatic carbocycles. The lowest BCUT2D eigenvalue weighted by atomic mass is 9.93. The summed E-state index contributed by atoms with van der Waals surface area (Å²) in [4.78, 5) is 20.5. The van der Waals surface area contributed by atoms with Crippen LogP contribution in [0.15, 0.2) is 42.9 Å². The minimum Gasteiger partial charge on any atom is -0.465 e. The Kier molecular flexibility index (Phi) is 3.56. The fourth-order valence-corrected chi connectivity index (χ4v) is 3.92. The van der Waals surface area contributed by atoms with Crippen LogP contribution in [0.2, 0.25) is 0 Å². The van der Waals surface area contributed by atoms with E-state index in [4.69, 9.17) is 5.11 Å². The van der Waals surface area contributed by atoms with Crippen LogP contribution in [0.4, 0.5) is 4.79 Å². The molecule has 1 aliphatic rings. The highest BCUT2D eigenvalue weighted by molar-refractivity contribution is 5.97. The third kappa shape index (κ3) is 2.61. The fraction of sp³-hybridized carbons (Fsp3) is 0.263. The number of nitrogens with one attached hydrogen (secondary N) is 1. The second-order valence-electron chi connectivity index (χ2n) is 6.85. The molecule has 1 saturated heterocycles. The fourth-order valence-electron chi connectivity index (χ4n) is 3.92. The summed E-state index contributed by atoms with van der Waals surface area (Å²) in [5.41, 5.74) is 4.98. The standard InChI is InChI=1S/C19H18N6O2/c26-19(27)24-8-4-12(5-9-24)16-10-14-13(3-7-20-18(14)23-16)15-11-22-25-17(15)2-1-6-21-25/h1-3,6-7,10-12H,4-5,8-9H2,(H,20,23)(H,26,27). The predicted molar refractivity (Wildman–Crippen MR) is 99.6 cm³/mol. The summed E-state index contributed by atoms with van der Waals surface area (Å²) in [5.74, 6) is 0.313. The van der Waals surface area contributed by atoms with Gasteiger partial charge < -0.3 is 15.0 Å². The highest BCUT2D eigenvalue weighted by atomic mass is 16.4. The van der Waals surface area contributed by atoms with Crippen molar-refractivity contribution in [1.82, 2.24) is 29.7 Å². The van der Waals surface area contributed by atoms with Gasteiger partial charge in [0, 0.05) is 48.0 Å². The van der Waals surface area contributed by atoms with E-state index in [1.807, 2.05) is 24.4 Å². The van der Waals surface area contributed by atoms with E-state index in [9.17, 15) is 4.79 Å². The molecule has 0 spiro atoms. The van der Waals surface area contributed by atoms with E-state index in [0.717, 1.165) is 46.2 Å². The number of hydrogen-bond acceptors (Lipinski definition) is 4. The number of pyridine rings is 1. The smallest absolute Gasteiger partial charge is 0.407 e. The monoisotopic (exact) mass is 362 g/mol. The van der Waals surface area contributed by atoms with Crippen LogP contribution in [0.1, 0.15) is 24.5 Å². The molecule has 27 heavy (non-hydrogen) atoms. The Morgan fingerprint density at radius 1 is 1.15 bits per heavy atom. The number of aromatic nitrogens is 5. The van der Waals surface area contributed by atoms with Crippen LogP contribution in [-0.2, 0) is 0 Å². The van der Waals surface area contributed by atoms with Gasteiger partial charge in [-0.3, -0.25) is 0 Å². The Morgan fingerprint density at radius 3 is 2.81 bits per heavy atom. The quantitative estimate of drug-likeness (QED) is 0.571. The maximum atomic E-state index is 11.1. The van der Waals surface area contributed by atoms with Gasteiger partial charge in [-0.1, -0.05) is 0 Å². The van der Waals surface area contributed by atoms with Gasteiger partial charge in [0.05, 0.1) is 11.7 Å². The number of fused-ring (bicyclic) bond motifs is 2. The van der Waals surface area contributed by atoms with E-state index >= 15 is 0 Å². The van der Waals surface area contributed by atoms with E-state index < -0.39 is 6.09 Å². The molecule has 8 heteroatoms. The van der Waals surface area contributed by atoms with Crippen molar-refractivity contribution in [2.75, 3.05) is 13.1 Å². The summed E-state index contributed by atoms with van der Waals surface area (Å²) in [6.07, 6.45) is 6.13. The number of hydrogen-bond donors (Lipinski definition) is 2. The van der Waals surface area contributed by atoms with Crippen LogP contribution in [0.5, 0.6) is 0 Å². The molecule has 0 unspecified atom stereocenters. The van der Waals surface area contributed by atoms with Crippen molar-refractivity contribution in [3.05, 3.63) is 48.5 Å². The molecule has 0 bridgehead atoms. The van der Waals surface area contributed by atoms with Crippen molar-refractivity contribution < 1.29 is 9.90 Å². The summed E-state index contributed by atoms with van der Waals surface area (Å²) in [5, 5.41) is 18.8. The van der Waals surface area contributed by atoms with Gasteiger partial charge in [-0.05, 0) is 42.7 Å². The zero-order chi connectivity index (χ0) is 18.4. The third-order valence-corrected chi connectivity index (χ3v) is 5.35. The maximum absolute atomic E-state index is 11.1. The van der Waals surface area contributed by atoms with Gasteiger partial charge in [-0.15, -0.1) is 0 Å². The maximum Gasteiger partial charge on any atom is 0.407 e. The van der Waals surface area contributed by atoms with Gasteiger partial charge in [0.1, 0.15) is 5.65 Å². The van der Waals surface area contributed by atoms with Crippen LogP contribution in [0.3, 0.4) is 0 Å². The van der Waals surface area contributed by atoms with Gasteiger partial charge in [-0.25, -0.2) is 9.78 Å². The van der Waals surface area contributed by atoms with Gasteiger partial charge in [0.15, 0.2) is 0 Å². The molecular formula is C19H18N6O2. The van der Waals surface area contributed by atoms with Crippen molar-refractivity contribution in [2.45, 2.75) is 18.8 Å². The SMILES string of the molecule is O=C(O)N1CCC(c2cc3c(-c4cnn5ncccc45)ccnc3[nH]2)CC1. The zero-order valence-electron chi connectivity index (χ0n) is 14.5. The Morgan fingerprint density at radius 2 is 2.00 bits per heavy atom. The molecule has 2 N–H and O–H groups in total. The first-order valence-electron chi connectivity index (χ1n) is 8.95. The molecule has 4 aromatic rings. The normalized spacial score (nSPS) is 15.6. The largest absolute Gasteiger partial charge is 0.465 e. The summed E-state index contributed by atoms with van der Waals surface area (Å²) < 4.78 is 1.62. The lowest BCUT2D eigenvalue weighted by Crippen LogP contribution is -2.36. The van der Waals surface area contributed by atoms with Crippen molar-refractivity contribution in [3.63, 3.8) is 0 Å². The third-order valence-electron chi connectivity index (χ3n) is 5.35. The first kappa shape index (κ1) is 15.8. The molecule has 1 amide bonds. The number of piperidine rings is 1. The molecule has 0 atom stereocenters. The Balaban J connectivity index is 1.54. The number of likely N-dealkylation sites (tertiary alicyclic amines) is 1. The van der Waals surface area contributed by atoms with Crippen LogP contribution in [-0.4, -0.2) is 54.0 Å². The summed E-state index contributed by atoms with van der Waals surface area (Å²) in [6.45, 7) is 1.13. The molecule has 0 radical (unpaired) electrons. The highest BCUT2D eigenvalue weighted by Crippen LogP contribution is 2.34. The minimum absolute atomic E-state index is 0.313. The Hall–Kier alpha value is -3.42. The molecular weight excluding hydrogens is 344 g/mol.